The smallest absolute Gasteiger partial charge is 0.268 e. The fourth-order valence-electron chi connectivity index (χ4n) is 4.51. The molecule has 1 N–H and O–H groups in total. The first-order valence-corrected chi connectivity index (χ1v) is 11.1. The number of rotatable bonds is 6. The lowest BCUT2D eigenvalue weighted by Crippen LogP contribution is -2.36. The van der Waals surface area contributed by atoms with Crippen LogP contribution in [0.15, 0.2) is 54.6 Å². The summed E-state index contributed by atoms with van der Waals surface area (Å²) in [4.78, 5) is 15.8. The molecule has 1 aromatic heterocycles. The van der Waals surface area contributed by atoms with Gasteiger partial charge in [-0.25, -0.2) is 4.39 Å². The molecule has 4 rings (SSSR count). The number of amides is 1. The lowest BCUT2D eigenvalue weighted by atomic mass is 10.1. The summed E-state index contributed by atoms with van der Waals surface area (Å²) in [6.45, 7) is 9.12. The standard InChI is InChI=1S/C26H30FN3O2/c1-18-24(29-13-15-32-16-14-29)20(3)30(17-22-11-7-8-12-23(22)27)25(18)26(31)28-19(2)21-9-5-4-6-10-21/h4-12,19H,13-17H2,1-3H3,(H,28,31)/t19-/m1/s1. The van der Waals surface area contributed by atoms with Crippen molar-refractivity contribution < 1.29 is 13.9 Å². The molecule has 0 unspecified atom stereocenters. The highest BCUT2D eigenvalue weighted by Crippen LogP contribution is 2.33. The molecular weight excluding hydrogens is 405 g/mol. The molecule has 168 valence electrons. The van der Waals surface area contributed by atoms with Gasteiger partial charge < -0.3 is 19.5 Å². The molecule has 0 aliphatic carbocycles. The molecule has 1 atom stereocenters. The Morgan fingerprint density at radius 1 is 1.06 bits per heavy atom. The van der Waals surface area contributed by atoms with Crippen LogP contribution in [-0.4, -0.2) is 36.8 Å². The van der Waals surface area contributed by atoms with Crippen molar-refractivity contribution in [2.45, 2.75) is 33.4 Å². The van der Waals surface area contributed by atoms with Gasteiger partial charge in [-0.1, -0.05) is 48.5 Å². The zero-order valence-electron chi connectivity index (χ0n) is 18.9. The third kappa shape index (κ3) is 4.41. The summed E-state index contributed by atoms with van der Waals surface area (Å²) in [6.07, 6.45) is 0. The first-order valence-electron chi connectivity index (χ1n) is 11.1. The Labute approximate surface area is 188 Å². The van der Waals surface area contributed by atoms with Crippen LogP contribution in [0.3, 0.4) is 0 Å². The maximum Gasteiger partial charge on any atom is 0.268 e. The van der Waals surface area contributed by atoms with E-state index in [4.69, 9.17) is 4.74 Å². The van der Waals surface area contributed by atoms with Crippen LogP contribution < -0.4 is 10.2 Å². The minimum atomic E-state index is -0.268. The first kappa shape index (κ1) is 22.1. The molecule has 1 aliphatic rings. The fraction of sp³-hybridized carbons (Fsp3) is 0.346. The van der Waals surface area contributed by atoms with E-state index in [0.717, 1.165) is 35.6 Å². The van der Waals surface area contributed by atoms with Crippen LogP contribution in [0.25, 0.3) is 0 Å². The van der Waals surface area contributed by atoms with Crippen molar-refractivity contribution in [2.24, 2.45) is 0 Å². The summed E-state index contributed by atoms with van der Waals surface area (Å²) >= 11 is 0. The predicted molar refractivity (Wildman–Crippen MR) is 125 cm³/mol. The number of nitrogens with zero attached hydrogens (tertiary/aromatic N) is 2. The molecule has 3 aromatic rings. The maximum absolute atomic E-state index is 14.5. The Balaban J connectivity index is 1.73. The van der Waals surface area contributed by atoms with Gasteiger partial charge in [0.25, 0.3) is 5.91 Å². The summed E-state index contributed by atoms with van der Waals surface area (Å²) < 4.78 is 22.0. The molecule has 32 heavy (non-hydrogen) atoms. The average Bonchev–Trinajstić information content (AvgIpc) is 3.05. The quantitative estimate of drug-likeness (QED) is 0.615. The van der Waals surface area contributed by atoms with Crippen LogP contribution in [0.4, 0.5) is 10.1 Å². The lowest BCUT2D eigenvalue weighted by molar-refractivity contribution is 0.0930. The molecule has 0 bridgehead atoms. The molecule has 0 saturated carbocycles. The number of morpholine rings is 1. The van der Waals surface area contributed by atoms with Gasteiger partial charge in [0.2, 0.25) is 0 Å². The monoisotopic (exact) mass is 435 g/mol. The number of benzene rings is 2. The van der Waals surface area contributed by atoms with Gasteiger partial charge in [0.1, 0.15) is 11.5 Å². The lowest BCUT2D eigenvalue weighted by Gasteiger charge is -2.29. The van der Waals surface area contributed by atoms with Crippen molar-refractivity contribution in [3.05, 3.63) is 88.5 Å². The minimum absolute atomic E-state index is 0.146. The van der Waals surface area contributed by atoms with E-state index in [1.807, 2.05) is 61.7 Å². The van der Waals surface area contributed by atoms with Gasteiger partial charge in [0.15, 0.2) is 0 Å². The predicted octanol–water partition coefficient (Wildman–Crippen LogP) is 4.62. The molecule has 0 spiro atoms. The number of hydrogen-bond donors (Lipinski definition) is 1. The Bertz CT molecular complexity index is 1090. The number of aromatic nitrogens is 1. The van der Waals surface area contributed by atoms with Gasteiger partial charge in [0, 0.05) is 29.9 Å². The van der Waals surface area contributed by atoms with E-state index < -0.39 is 0 Å². The highest BCUT2D eigenvalue weighted by Gasteiger charge is 2.28. The molecule has 5 nitrogen and oxygen atoms in total. The van der Waals surface area contributed by atoms with Crippen molar-refractivity contribution in [3.8, 4) is 0 Å². The largest absolute Gasteiger partial charge is 0.378 e. The average molecular weight is 436 g/mol. The van der Waals surface area contributed by atoms with Crippen molar-refractivity contribution in [1.82, 2.24) is 9.88 Å². The zero-order chi connectivity index (χ0) is 22.7. The van der Waals surface area contributed by atoms with Crippen LogP contribution in [0.5, 0.6) is 0 Å². The number of hydrogen-bond acceptors (Lipinski definition) is 3. The van der Waals surface area contributed by atoms with Gasteiger partial charge >= 0.3 is 0 Å². The highest BCUT2D eigenvalue weighted by atomic mass is 19.1. The van der Waals surface area contributed by atoms with E-state index in [0.29, 0.717) is 31.0 Å². The number of anilines is 1. The molecule has 1 fully saturated rings. The third-order valence-corrected chi connectivity index (χ3v) is 6.20. The summed E-state index contributed by atoms with van der Waals surface area (Å²) in [5.74, 6) is -0.423. The Hall–Kier alpha value is -3.12. The Morgan fingerprint density at radius 3 is 2.41 bits per heavy atom. The van der Waals surface area contributed by atoms with Gasteiger partial charge in [0.05, 0.1) is 31.5 Å². The highest BCUT2D eigenvalue weighted by molar-refractivity contribution is 5.97. The summed E-state index contributed by atoms with van der Waals surface area (Å²) in [6, 6.07) is 16.5. The molecule has 2 heterocycles. The zero-order valence-corrected chi connectivity index (χ0v) is 18.9. The number of carbonyl (C=O) groups excluding carboxylic acids is 1. The second-order valence-corrected chi connectivity index (χ2v) is 8.29. The molecule has 1 saturated heterocycles. The fourth-order valence-corrected chi connectivity index (χ4v) is 4.51. The van der Waals surface area contributed by atoms with Crippen LogP contribution in [0, 0.1) is 19.7 Å². The topological polar surface area (TPSA) is 46.5 Å². The molecule has 1 aliphatic heterocycles. The van der Waals surface area contributed by atoms with Crippen molar-refractivity contribution in [3.63, 3.8) is 0 Å². The SMILES string of the molecule is Cc1c(N2CCOCC2)c(C)n(Cc2ccccc2F)c1C(=O)N[C@H](C)c1ccccc1. The van der Waals surface area contributed by atoms with Gasteiger partial charge in [-0.05, 0) is 32.4 Å². The van der Waals surface area contributed by atoms with Gasteiger partial charge in [-0.2, -0.15) is 0 Å². The van der Waals surface area contributed by atoms with E-state index >= 15 is 0 Å². The van der Waals surface area contributed by atoms with Crippen LogP contribution in [-0.2, 0) is 11.3 Å². The normalized spacial score (nSPS) is 14.9. The van der Waals surface area contributed by atoms with Crippen LogP contribution in [0.1, 0.15) is 45.8 Å². The van der Waals surface area contributed by atoms with Gasteiger partial charge in [-0.15, -0.1) is 0 Å². The molecular formula is C26H30FN3O2. The van der Waals surface area contributed by atoms with E-state index in [2.05, 4.69) is 10.2 Å². The maximum atomic E-state index is 14.5. The Morgan fingerprint density at radius 2 is 1.72 bits per heavy atom. The second kappa shape index (κ2) is 9.57. The van der Waals surface area contributed by atoms with E-state index in [9.17, 15) is 9.18 Å². The number of nitrogens with one attached hydrogen (secondary N) is 1. The summed E-state index contributed by atoms with van der Waals surface area (Å²) in [7, 11) is 0. The number of halogens is 1. The third-order valence-electron chi connectivity index (χ3n) is 6.20. The van der Waals surface area contributed by atoms with Crippen LogP contribution in [0.2, 0.25) is 0 Å². The molecule has 1 amide bonds. The van der Waals surface area contributed by atoms with Crippen molar-refractivity contribution in [2.75, 3.05) is 31.2 Å². The van der Waals surface area contributed by atoms with Crippen molar-refractivity contribution in [1.29, 1.82) is 0 Å². The molecule has 0 radical (unpaired) electrons. The second-order valence-electron chi connectivity index (χ2n) is 8.29. The van der Waals surface area contributed by atoms with Crippen molar-refractivity contribution >= 4 is 11.6 Å². The minimum Gasteiger partial charge on any atom is -0.378 e. The summed E-state index contributed by atoms with van der Waals surface area (Å²) in [5.41, 5.74) is 5.10. The number of ether oxygens (including phenoxy) is 1. The molecule has 2 aromatic carbocycles. The Kier molecular flexibility index (Phi) is 6.61. The molecule has 6 heteroatoms. The first-order chi connectivity index (χ1) is 15.5. The van der Waals surface area contributed by atoms with E-state index in [1.54, 1.807) is 12.1 Å². The number of carbonyl (C=O) groups is 1. The van der Waals surface area contributed by atoms with Gasteiger partial charge in [-0.3, -0.25) is 4.79 Å². The van der Waals surface area contributed by atoms with Crippen LogP contribution >= 0.6 is 0 Å². The van der Waals surface area contributed by atoms with E-state index in [1.165, 1.54) is 6.07 Å². The van der Waals surface area contributed by atoms with E-state index in [-0.39, 0.29) is 17.8 Å². The summed E-state index contributed by atoms with van der Waals surface area (Å²) in [5, 5.41) is 3.14.